The van der Waals surface area contributed by atoms with Crippen LogP contribution in [0.4, 0.5) is 10.1 Å². The van der Waals surface area contributed by atoms with Gasteiger partial charge < -0.3 is 0 Å². The van der Waals surface area contributed by atoms with Gasteiger partial charge in [-0.3, -0.25) is 19.3 Å². The summed E-state index contributed by atoms with van der Waals surface area (Å²) in [6.07, 6.45) is -0.943. The Kier molecular flexibility index (Phi) is 4.96. The first-order valence-corrected chi connectivity index (χ1v) is 10.3. The first kappa shape index (κ1) is 19.7. The van der Waals surface area contributed by atoms with Gasteiger partial charge in [-0.15, -0.1) is 0 Å². The molecule has 0 aliphatic carbocycles. The monoisotopic (exact) mass is 436 g/mol. The summed E-state index contributed by atoms with van der Waals surface area (Å²) in [5, 5.41) is 2.12. The Morgan fingerprint density at radius 3 is 2.23 bits per heavy atom. The van der Waals surface area contributed by atoms with E-state index >= 15 is 0 Å². The third-order valence-corrected chi connectivity index (χ3v) is 5.93. The Morgan fingerprint density at radius 2 is 1.55 bits per heavy atom. The quantitative estimate of drug-likeness (QED) is 0.564. The Morgan fingerprint density at radius 1 is 0.871 bits per heavy atom. The van der Waals surface area contributed by atoms with Crippen LogP contribution in [0.5, 0.6) is 0 Å². The number of hydrogen-bond acceptors (Lipinski definition) is 4. The van der Waals surface area contributed by atoms with Crippen molar-refractivity contribution in [1.29, 1.82) is 0 Å². The maximum Gasteiger partial charge on any atom is 0.262 e. The molecule has 2 aliphatic heterocycles. The number of hydrogen-bond donors (Lipinski definition) is 0. The second-order valence-electron chi connectivity index (χ2n) is 7.60. The largest absolute Gasteiger partial charge is 0.275 e. The summed E-state index contributed by atoms with van der Waals surface area (Å²) in [7, 11) is 0. The summed E-state index contributed by atoms with van der Waals surface area (Å²) in [4.78, 5) is 33.8. The lowest BCUT2D eigenvalue weighted by Gasteiger charge is -2.28. The average molecular weight is 437 g/mol. The Balaban J connectivity index is 1.52. The number of hydroxylamine groups is 1. The van der Waals surface area contributed by atoms with Crippen molar-refractivity contribution < 1.29 is 18.8 Å². The summed E-state index contributed by atoms with van der Waals surface area (Å²) in [6.45, 7) is 0.186. The van der Waals surface area contributed by atoms with Gasteiger partial charge in [0, 0.05) is 5.02 Å². The predicted molar refractivity (Wildman–Crippen MR) is 113 cm³/mol. The van der Waals surface area contributed by atoms with E-state index in [0.29, 0.717) is 16.3 Å². The molecule has 31 heavy (non-hydrogen) atoms. The number of benzene rings is 3. The second kappa shape index (κ2) is 7.80. The van der Waals surface area contributed by atoms with Gasteiger partial charge in [-0.1, -0.05) is 54.1 Å². The number of anilines is 1. The first-order chi connectivity index (χ1) is 15.0. The van der Waals surface area contributed by atoms with Crippen LogP contribution in [0.15, 0.2) is 78.9 Å². The molecule has 156 valence electrons. The zero-order valence-corrected chi connectivity index (χ0v) is 17.1. The fourth-order valence-corrected chi connectivity index (χ4v) is 4.33. The van der Waals surface area contributed by atoms with Crippen LogP contribution in [-0.4, -0.2) is 22.8 Å². The van der Waals surface area contributed by atoms with E-state index in [1.807, 2.05) is 30.3 Å². The van der Waals surface area contributed by atoms with Crippen LogP contribution in [0, 0.1) is 11.7 Å². The Labute approximate surface area is 183 Å². The lowest BCUT2D eigenvalue weighted by molar-refractivity contribution is -0.143. The number of rotatable bonds is 4. The number of likely N-dealkylation sites (tertiary alicyclic amines) is 1. The summed E-state index contributed by atoms with van der Waals surface area (Å²) < 4.78 is 13.6. The molecule has 2 fully saturated rings. The van der Waals surface area contributed by atoms with Gasteiger partial charge >= 0.3 is 0 Å². The van der Waals surface area contributed by atoms with Crippen LogP contribution >= 0.6 is 11.6 Å². The van der Waals surface area contributed by atoms with Crippen LogP contribution in [0.25, 0.3) is 0 Å². The zero-order valence-electron chi connectivity index (χ0n) is 16.3. The van der Waals surface area contributed by atoms with E-state index in [1.54, 1.807) is 41.5 Å². The van der Waals surface area contributed by atoms with Crippen molar-refractivity contribution in [2.24, 2.45) is 5.92 Å². The van der Waals surface area contributed by atoms with Crippen molar-refractivity contribution in [2.75, 3.05) is 5.06 Å². The van der Waals surface area contributed by atoms with Crippen molar-refractivity contribution >= 4 is 29.1 Å². The van der Waals surface area contributed by atoms with Gasteiger partial charge in [0.2, 0.25) is 5.91 Å². The SMILES string of the molecule is O=C1[C@H]2[C@H](ON(c3ccc(Cl)cc3)[C@@H]2c2ccc(F)cc2)C(=O)N1Cc1ccccc1. The number of carbonyl (C=O) groups excluding carboxylic acids is 2. The molecule has 2 heterocycles. The molecule has 2 aliphatic rings. The molecule has 3 aromatic rings. The normalized spacial score (nSPS) is 22.8. The maximum atomic E-state index is 13.6. The number of halogens is 2. The number of imide groups is 1. The van der Waals surface area contributed by atoms with Gasteiger partial charge in [-0.2, -0.15) is 0 Å². The molecule has 0 unspecified atom stereocenters. The summed E-state index contributed by atoms with van der Waals surface area (Å²) >= 11 is 6.01. The molecular formula is C24H18ClFN2O3. The number of amides is 2. The lowest BCUT2D eigenvalue weighted by Crippen LogP contribution is -2.36. The van der Waals surface area contributed by atoms with Crippen LogP contribution in [0.3, 0.4) is 0 Å². The van der Waals surface area contributed by atoms with Crippen LogP contribution in [-0.2, 0) is 21.0 Å². The van der Waals surface area contributed by atoms with Gasteiger partial charge in [0.25, 0.3) is 5.91 Å². The summed E-state index contributed by atoms with van der Waals surface area (Å²) in [5.41, 5.74) is 2.20. The zero-order chi connectivity index (χ0) is 21.5. The molecule has 0 aromatic heterocycles. The van der Waals surface area contributed by atoms with Crippen LogP contribution < -0.4 is 5.06 Å². The molecule has 3 atom stereocenters. The van der Waals surface area contributed by atoms with Gasteiger partial charge in [0.15, 0.2) is 6.10 Å². The topological polar surface area (TPSA) is 49.9 Å². The van der Waals surface area contributed by atoms with Crippen LogP contribution in [0.2, 0.25) is 5.02 Å². The van der Waals surface area contributed by atoms with E-state index in [-0.39, 0.29) is 24.2 Å². The van der Waals surface area contributed by atoms with E-state index in [0.717, 1.165) is 5.56 Å². The molecular weight excluding hydrogens is 419 g/mol. The van der Waals surface area contributed by atoms with Gasteiger partial charge in [-0.25, -0.2) is 9.45 Å². The minimum Gasteiger partial charge on any atom is -0.275 e. The van der Waals surface area contributed by atoms with E-state index in [9.17, 15) is 14.0 Å². The molecule has 3 aromatic carbocycles. The van der Waals surface area contributed by atoms with Crippen molar-refractivity contribution in [3.05, 3.63) is 101 Å². The summed E-state index contributed by atoms with van der Waals surface area (Å²) in [5.74, 6) is -1.79. The van der Waals surface area contributed by atoms with E-state index < -0.39 is 18.1 Å². The highest BCUT2D eigenvalue weighted by atomic mass is 35.5. The van der Waals surface area contributed by atoms with Crippen molar-refractivity contribution in [2.45, 2.75) is 18.7 Å². The molecule has 0 saturated carbocycles. The van der Waals surface area contributed by atoms with E-state index in [4.69, 9.17) is 16.4 Å². The molecule has 2 amide bonds. The Bertz CT molecular complexity index is 1120. The highest BCUT2D eigenvalue weighted by Crippen LogP contribution is 2.47. The van der Waals surface area contributed by atoms with Gasteiger partial charge in [0.05, 0.1) is 18.3 Å². The number of nitrogens with zero attached hydrogens (tertiary/aromatic N) is 2. The van der Waals surface area contributed by atoms with Gasteiger partial charge in [-0.05, 0) is 47.5 Å². The minimum atomic E-state index is -0.943. The molecule has 0 radical (unpaired) electrons. The first-order valence-electron chi connectivity index (χ1n) is 9.89. The molecule has 7 heteroatoms. The third kappa shape index (κ3) is 3.48. The predicted octanol–water partition coefficient (Wildman–Crippen LogP) is 4.53. The molecule has 2 saturated heterocycles. The van der Waals surface area contributed by atoms with Crippen molar-refractivity contribution in [1.82, 2.24) is 4.90 Å². The smallest absolute Gasteiger partial charge is 0.262 e. The highest BCUT2D eigenvalue weighted by Gasteiger charge is 2.59. The average Bonchev–Trinajstić information content (AvgIpc) is 3.28. The molecule has 0 spiro atoms. The number of fused-ring (bicyclic) bond motifs is 1. The molecule has 5 nitrogen and oxygen atoms in total. The van der Waals surface area contributed by atoms with Crippen molar-refractivity contribution in [3.63, 3.8) is 0 Å². The fraction of sp³-hybridized carbons (Fsp3) is 0.167. The molecule has 5 rings (SSSR count). The molecule has 0 bridgehead atoms. The Hall–Kier alpha value is -3.22. The van der Waals surface area contributed by atoms with E-state index in [2.05, 4.69) is 0 Å². The van der Waals surface area contributed by atoms with Gasteiger partial charge in [0.1, 0.15) is 11.7 Å². The minimum absolute atomic E-state index is 0.186. The van der Waals surface area contributed by atoms with Crippen molar-refractivity contribution in [3.8, 4) is 0 Å². The highest BCUT2D eigenvalue weighted by molar-refractivity contribution is 6.30. The molecule has 0 N–H and O–H groups in total. The number of carbonyl (C=O) groups is 2. The lowest BCUT2D eigenvalue weighted by atomic mass is 9.90. The maximum absolute atomic E-state index is 13.6. The standard InChI is InChI=1S/C24H18ClFN2O3/c25-17-8-12-19(13-9-17)28-21(16-6-10-18(26)11-7-16)20-22(31-28)24(30)27(23(20)29)14-15-4-2-1-3-5-15/h1-13,20-22H,14H2/t20-,21-,22+/m1/s1. The van der Waals surface area contributed by atoms with E-state index in [1.165, 1.54) is 17.0 Å². The second-order valence-corrected chi connectivity index (χ2v) is 8.04. The third-order valence-electron chi connectivity index (χ3n) is 5.68. The van der Waals surface area contributed by atoms with Crippen LogP contribution in [0.1, 0.15) is 17.2 Å². The summed E-state index contributed by atoms with van der Waals surface area (Å²) in [6, 6.07) is 21.6. The fourth-order valence-electron chi connectivity index (χ4n) is 4.20.